The fourth-order valence-electron chi connectivity index (χ4n) is 2.29. The minimum atomic E-state index is -1.15. The van der Waals surface area contributed by atoms with Crippen LogP contribution in [0.25, 0.3) is 11.1 Å². The molecule has 1 atom stereocenters. The van der Waals surface area contributed by atoms with Crippen molar-refractivity contribution >= 4 is 17.7 Å². The summed E-state index contributed by atoms with van der Waals surface area (Å²) in [6.07, 6.45) is 0.197. The Morgan fingerprint density at radius 1 is 0.958 bits per heavy atom. The lowest BCUT2D eigenvalue weighted by molar-refractivity contribution is -0.139. The monoisotopic (exact) mass is 325 g/mol. The van der Waals surface area contributed by atoms with Gasteiger partial charge in [0.05, 0.1) is 0 Å². The van der Waals surface area contributed by atoms with E-state index in [4.69, 9.17) is 5.11 Å². The third-order valence-electron chi connectivity index (χ3n) is 3.64. The SMILES string of the molecule is CC(=O)CC[C@H](NC(=O)c1ccc(-c2ccccc2)cc1)C(=O)O. The fraction of sp³-hybridized carbons (Fsp3) is 0.211. The highest BCUT2D eigenvalue weighted by Gasteiger charge is 2.20. The van der Waals surface area contributed by atoms with Gasteiger partial charge in [0.15, 0.2) is 0 Å². The third kappa shape index (κ3) is 4.78. The smallest absolute Gasteiger partial charge is 0.326 e. The van der Waals surface area contributed by atoms with Crippen molar-refractivity contribution in [2.24, 2.45) is 0 Å². The number of nitrogens with one attached hydrogen (secondary N) is 1. The Hall–Kier alpha value is -2.95. The molecular formula is C19H19NO4. The van der Waals surface area contributed by atoms with E-state index in [2.05, 4.69) is 5.32 Å². The molecule has 2 aromatic carbocycles. The van der Waals surface area contributed by atoms with Crippen molar-refractivity contribution in [3.05, 3.63) is 60.2 Å². The van der Waals surface area contributed by atoms with E-state index in [1.165, 1.54) is 6.92 Å². The van der Waals surface area contributed by atoms with E-state index >= 15 is 0 Å². The molecular weight excluding hydrogens is 306 g/mol. The molecule has 2 aromatic rings. The fourth-order valence-corrected chi connectivity index (χ4v) is 2.29. The van der Waals surface area contributed by atoms with Crippen molar-refractivity contribution < 1.29 is 19.5 Å². The van der Waals surface area contributed by atoms with Gasteiger partial charge in [-0.25, -0.2) is 4.79 Å². The maximum Gasteiger partial charge on any atom is 0.326 e. The van der Waals surface area contributed by atoms with Gasteiger partial charge in [-0.15, -0.1) is 0 Å². The van der Waals surface area contributed by atoms with Crippen molar-refractivity contribution in [3.63, 3.8) is 0 Å². The van der Waals surface area contributed by atoms with Crippen LogP contribution in [0.5, 0.6) is 0 Å². The van der Waals surface area contributed by atoms with E-state index in [1.54, 1.807) is 12.1 Å². The van der Waals surface area contributed by atoms with Gasteiger partial charge in [-0.1, -0.05) is 42.5 Å². The predicted molar refractivity (Wildman–Crippen MR) is 90.7 cm³/mol. The summed E-state index contributed by atoms with van der Waals surface area (Å²) >= 11 is 0. The Kier molecular flexibility index (Phi) is 5.84. The number of carbonyl (C=O) groups excluding carboxylic acids is 2. The molecule has 0 saturated heterocycles. The third-order valence-corrected chi connectivity index (χ3v) is 3.64. The maximum atomic E-state index is 12.2. The largest absolute Gasteiger partial charge is 0.480 e. The molecule has 2 N–H and O–H groups in total. The molecule has 124 valence electrons. The van der Waals surface area contributed by atoms with Crippen LogP contribution in [0.15, 0.2) is 54.6 Å². The average Bonchev–Trinajstić information content (AvgIpc) is 2.59. The number of ketones is 1. The van der Waals surface area contributed by atoms with Crippen LogP contribution < -0.4 is 5.32 Å². The summed E-state index contributed by atoms with van der Waals surface area (Å²) in [6.45, 7) is 1.39. The predicted octanol–water partition coefficient (Wildman–Crippen LogP) is 2.91. The van der Waals surface area contributed by atoms with Gasteiger partial charge < -0.3 is 15.2 Å². The van der Waals surface area contributed by atoms with Crippen molar-refractivity contribution in [2.45, 2.75) is 25.8 Å². The maximum absolute atomic E-state index is 12.2. The Bertz CT molecular complexity index is 723. The lowest BCUT2D eigenvalue weighted by atomic mass is 10.0. The van der Waals surface area contributed by atoms with Gasteiger partial charge in [-0.2, -0.15) is 0 Å². The standard InChI is InChI=1S/C19H19NO4/c1-13(21)7-12-17(19(23)24)20-18(22)16-10-8-15(9-11-16)14-5-3-2-4-6-14/h2-6,8-11,17H,7,12H2,1H3,(H,20,22)(H,23,24)/t17-/m0/s1. The molecule has 0 aromatic heterocycles. The van der Waals surface area contributed by atoms with E-state index < -0.39 is 17.9 Å². The zero-order chi connectivity index (χ0) is 17.5. The lowest BCUT2D eigenvalue weighted by Crippen LogP contribution is -2.41. The molecule has 0 heterocycles. The second-order valence-corrected chi connectivity index (χ2v) is 5.55. The van der Waals surface area contributed by atoms with E-state index in [9.17, 15) is 14.4 Å². The second kappa shape index (κ2) is 8.06. The van der Waals surface area contributed by atoms with Gasteiger partial charge in [0, 0.05) is 12.0 Å². The molecule has 0 spiro atoms. The van der Waals surface area contributed by atoms with E-state index in [0.717, 1.165) is 11.1 Å². The number of carboxylic acid groups (broad SMARTS) is 1. The topological polar surface area (TPSA) is 83.5 Å². The molecule has 24 heavy (non-hydrogen) atoms. The Labute approximate surface area is 140 Å². The highest BCUT2D eigenvalue weighted by molar-refractivity contribution is 5.97. The summed E-state index contributed by atoms with van der Waals surface area (Å²) in [5, 5.41) is 11.6. The molecule has 0 bridgehead atoms. The molecule has 0 aliphatic heterocycles. The minimum Gasteiger partial charge on any atom is -0.480 e. The van der Waals surface area contributed by atoms with Crippen LogP contribution in [0.4, 0.5) is 0 Å². The van der Waals surface area contributed by atoms with Crippen molar-refractivity contribution in [2.75, 3.05) is 0 Å². The molecule has 5 heteroatoms. The first-order valence-electron chi connectivity index (χ1n) is 7.66. The van der Waals surface area contributed by atoms with Crippen LogP contribution in [0.2, 0.25) is 0 Å². The van der Waals surface area contributed by atoms with E-state index in [0.29, 0.717) is 5.56 Å². The van der Waals surface area contributed by atoms with Gasteiger partial charge in [-0.3, -0.25) is 4.79 Å². The van der Waals surface area contributed by atoms with Crippen molar-refractivity contribution in [1.29, 1.82) is 0 Å². The van der Waals surface area contributed by atoms with E-state index in [-0.39, 0.29) is 18.6 Å². The van der Waals surface area contributed by atoms with Gasteiger partial charge in [0.25, 0.3) is 5.91 Å². The summed E-state index contributed by atoms with van der Waals surface area (Å²) in [4.78, 5) is 34.4. The molecule has 0 unspecified atom stereocenters. The number of amides is 1. The van der Waals surface area contributed by atoms with Crippen molar-refractivity contribution in [3.8, 4) is 11.1 Å². The van der Waals surface area contributed by atoms with Crippen LogP contribution in [-0.4, -0.2) is 28.8 Å². The van der Waals surface area contributed by atoms with Gasteiger partial charge in [0.1, 0.15) is 11.8 Å². The molecule has 0 saturated carbocycles. The van der Waals surface area contributed by atoms with Crippen LogP contribution in [0.1, 0.15) is 30.1 Å². The number of carboxylic acids is 1. The van der Waals surface area contributed by atoms with Crippen LogP contribution in [-0.2, 0) is 9.59 Å². The number of benzene rings is 2. The Morgan fingerprint density at radius 2 is 1.54 bits per heavy atom. The Balaban J connectivity index is 2.06. The number of carbonyl (C=O) groups is 3. The van der Waals surface area contributed by atoms with E-state index in [1.807, 2.05) is 42.5 Å². The summed E-state index contributed by atoms with van der Waals surface area (Å²) < 4.78 is 0. The number of hydrogen-bond acceptors (Lipinski definition) is 3. The summed E-state index contributed by atoms with van der Waals surface area (Å²) in [6, 6.07) is 15.6. The molecule has 2 rings (SSSR count). The quantitative estimate of drug-likeness (QED) is 0.820. The number of hydrogen-bond donors (Lipinski definition) is 2. The van der Waals surface area contributed by atoms with Gasteiger partial charge in [0.2, 0.25) is 0 Å². The normalized spacial score (nSPS) is 11.5. The number of aliphatic carboxylic acids is 1. The average molecular weight is 325 g/mol. The first-order valence-corrected chi connectivity index (χ1v) is 7.66. The highest BCUT2D eigenvalue weighted by Crippen LogP contribution is 2.19. The molecule has 0 fully saturated rings. The first-order chi connectivity index (χ1) is 11.5. The summed E-state index contributed by atoms with van der Waals surface area (Å²) in [7, 11) is 0. The van der Waals surface area contributed by atoms with Crippen molar-refractivity contribution in [1.82, 2.24) is 5.32 Å². The lowest BCUT2D eigenvalue weighted by Gasteiger charge is -2.14. The number of Topliss-reactive ketones (excluding diaryl/α,β-unsaturated/α-hetero) is 1. The van der Waals surface area contributed by atoms with Crippen LogP contribution in [0, 0.1) is 0 Å². The molecule has 5 nitrogen and oxygen atoms in total. The zero-order valence-electron chi connectivity index (χ0n) is 13.4. The second-order valence-electron chi connectivity index (χ2n) is 5.55. The van der Waals surface area contributed by atoms with Gasteiger partial charge >= 0.3 is 5.97 Å². The number of rotatable bonds is 7. The summed E-state index contributed by atoms with van der Waals surface area (Å²) in [5.41, 5.74) is 2.39. The Morgan fingerprint density at radius 3 is 2.08 bits per heavy atom. The highest BCUT2D eigenvalue weighted by atomic mass is 16.4. The van der Waals surface area contributed by atoms with Crippen LogP contribution in [0.3, 0.4) is 0 Å². The molecule has 0 aliphatic rings. The minimum absolute atomic E-state index is 0.0819. The molecule has 1 amide bonds. The van der Waals surface area contributed by atoms with Crippen LogP contribution >= 0.6 is 0 Å². The van der Waals surface area contributed by atoms with Gasteiger partial charge in [-0.05, 0) is 36.6 Å². The first kappa shape index (κ1) is 17.4. The summed E-state index contributed by atoms with van der Waals surface area (Å²) in [5.74, 6) is -1.72. The molecule has 0 radical (unpaired) electrons. The zero-order valence-corrected chi connectivity index (χ0v) is 13.4. The molecule has 0 aliphatic carbocycles.